The molecule has 1 aromatic carbocycles. The third-order valence-corrected chi connectivity index (χ3v) is 5.51. The zero-order valence-electron chi connectivity index (χ0n) is 18.0. The van der Waals surface area contributed by atoms with Gasteiger partial charge in [0.2, 0.25) is 11.9 Å². The van der Waals surface area contributed by atoms with E-state index in [2.05, 4.69) is 44.5 Å². The molecule has 1 aromatic heterocycles. The summed E-state index contributed by atoms with van der Waals surface area (Å²) in [6.07, 6.45) is 5.07. The number of anilines is 4. The van der Waals surface area contributed by atoms with E-state index in [9.17, 15) is 4.79 Å². The smallest absolute Gasteiger partial charge is 0.231 e. The van der Waals surface area contributed by atoms with Crippen LogP contribution in [0.1, 0.15) is 20.3 Å². The maximum Gasteiger partial charge on any atom is 0.231 e. The third kappa shape index (κ3) is 4.45. The summed E-state index contributed by atoms with van der Waals surface area (Å²) in [4.78, 5) is 24.8. The van der Waals surface area contributed by atoms with E-state index in [0.717, 1.165) is 17.9 Å². The molecule has 4 rings (SSSR count). The molecule has 2 bridgehead atoms. The minimum absolute atomic E-state index is 0.145. The molecule has 4 unspecified atom stereocenters. The summed E-state index contributed by atoms with van der Waals surface area (Å²) in [5.41, 5.74) is 12.9. The van der Waals surface area contributed by atoms with Gasteiger partial charge in [0, 0.05) is 11.7 Å². The number of nitrogens with zero attached hydrogens (tertiary/aromatic N) is 3. The number of aromatic nitrogens is 2. The van der Waals surface area contributed by atoms with Crippen molar-refractivity contribution < 1.29 is 9.53 Å². The number of nitrogens with two attached hydrogens (primary N) is 2. The van der Waals surface area contributed by atoms with Gasteiger partial charge in [-0.3, -0.25) is 9.79 Å². The number of amides is 1. The highest BCUT2D eigenvalue weighted by atomic mass is 16.5. The van der Waals surface area contributed by atoms with Crippen LogP contribution in [-0.4, -0.2) is 35.7 Å². The molecule has 1 amide bonds. The first-order valence-electron chi connectivity index (χ1n) is 10.3. The molecule has 4 atom stereocenters. The SMILES string of the molecule is C=Nc1c(N)nc(Nc2ccc(OC)cc2)nc1NC1C2C=CC(C2)C1C(N)=O.CC. The van der Waals surface area contributed by atoms with E-state index >= 15 is 0 Å². The molecule has 0 spiro atoms. The van der Waals surface area contributed by atoms with Crippen molar-refractivity contribution in [2.75, 3.05) is 23.5 Å². The number of benzene rings is 1. The molecule has 2 aliphatic carbocycles. The van der Waals surface area contributed by atoms with E-state index in [-0.39, 0.29) is 35.5 Å². The van der Waals surface area contributed by atoms with Gasteiger partial charge in [-0.05, 0) is 49.2 Å². The lowest BCUT2D eigenvalue weighted by molar-refractivity contribution is -0.122. The minimum atomic E-state index is -0.328. The van der Waals surface area contributed by atoms with Crippen LogP contribution >= 0.6 is 0 Å². The van der Waals surface area contributed by atoms with Gasteiger partial charge < -0.3 is 26.8 Å². The Hall–Kier alpha value is -3.62. The zero-order chi connectivity index (χ0) is 22.5. The fourth-order valence-corrected chi connectivity index (χ4v) is 4.15. The monoisotopic (exact) mass is 423 g/mol. The predicted octanol–water partition coefficient (Wildman–Crippen LogP) is 3.26. The van der Waals surface area contributed by atoms with Gasteiger partial charge in [0.15, 0.2) is 11.6 Å². The van der Waals surface area contributed by atoms with Gasteiger partial charge in [0.1, 0.15) is 11.4 Å². The van der Waals surface area contributed by atoms with Crippen molar-refractivity contribution in [3.05, 3.63) is 36.4 Å². The molecule has 31 heavy (non-hydrogen) atoms. The lowest BCUT2D eigenvalue weighted by atomic mass is 9.88. The number of fused-ring (bicyclic) bond motifs is 2. The van der Waals surface area contributed by atoms with Gasteiger partial charge >= 0.3 is 0 Å². The Bertz CT molecular complexity index is 975. The maximum absolute atomic E-state index is 12.0. The quantitative estimate of drug-likeness (QED) is 0.396. The molecule has 1 saturated carbocycles. The number of allylic oxidation sites excluding steroid dienone is 1. The number of carbonyl (C=O) groups excluding carboxylic acids is 1. The van der Waals surface area contributed by atoms with E-state index in [4.69, 9.17) is 16.2 Å². The highest BCUT2D eigenvalue weighted by molar-refractivity contribution is 5.81. The molecule has 0 radical (unpaired) electrons. The molecular weight excluding hydrogens is 394 g/mol. The van der Waals surface area contributed by atoms with Gasteiger partial charge in [-0.25, -0.2) is 0 Å². The van der Waals surface area contributed by atoms with Crippen molar-refractivity contribution in [3.8, 4) is 5.75 Å². The Morgan fingerprint density at radius 1 is 1.19 bits per heavy atom. The van der Waals surface area contributed by atoms with Crippen molar-refractivity contribution in [3.63, 3.8) is 0 Å². The third-order valence-electron chi connectivity index (χ3n) is 5.51. The molecule has 2 aliphatic rings. The van der Waals surface area contributed by atoms with Crippen LogP contribution in [0.5, 0.6) is 5.75 Å². The molecule has 0 aliphatic heterocycles. The van der Waals surface area contributed by atoms with E-state index in [1.807, 2.05) is 38.1 Å². The molecule has 1 fully saturated rings. The number of nitrogen functional groups attached to an aromatic ring is 1. The molecule has 2 aromatic rings. The van der Waals surface area contributed by atoms with Crippen LogP contribution in [0.15, 0.2) is 41.4 Å². The number of nitrogens with one attached hydrogen (secondary N) is 2. The van der Waals surface area contributed by atoms with Crippen LogP contribution in [0.2, 0.25) is 0 Å². The van der Waals surface area contributed by atoms with Crippen LogP contribution in [0.25, 0.3) is 0 Å². The van der Waals surface area contributed by atoms with Crippen molar-refractivity contribution in [2.45, 2.75) is 26.3 Å². The lowest BCUT2D eigenvalue weighted by Gasteiger charge is -2.27. The molecule has 6 N–H and O–H groups in total. The number of carbonyl (C=O) groups is 1. The number of hydrogen-bond donors (Lipinski definition) is 4. The number of primary amides is 1. The standard InChI is InChI=1S/C20H23N7O2.C2H6/c1-23-16-17(21)26-20(24-12-5-7-13(29-2)8-6-12)27-19(16)25-15-11-4-3-10(9-11)14(15)18(22)28;1-2/h3-8,10-11,14-15H,1,9H2,2H3,(H2,22,28)(H4,21,24,25,26,27);1-2H3. The molecule has 9 heteroatoms. The number of ether oxygens (including phenoxy) is 1. The summed E-state index contributed by atoms with van der Waals surface area (Å²) in [6.45, 7) is 7.57. The van der Waals surface area contributed by atoms with Crippen LogP contribution in [0, 0.1) is 17.8 Å². The van der Waals surface area contributed by atoms with Crippen LogP contribution < -0.4 is 26.8 Å². The summed E-state index contributed by atoms with van der Waals surface area (Å²) >= 11 is 0. The Kier molecular flexibility index (Phi) is 6.74. The summed E-state index contributed by atoms with van der Waals surface area (Å²) < 4.78 is 5.16. The number of aliphatic imine (C=N–C) groups is 1. The second-order valence-electron chi connectivity index (χ2n) is 7.19. The van der Waals surface area contributed by atoms with E-state index in [1.54, 1.807) is 7.11 Å². The second kappa shape index (κ2) is 9.46. The Morgan fingerprint density at radius 3 is 2.48 bits per heavy atom. The molecule has 1 heterocycles. The zero-order valence-corrected chi connectivity index (χ0v) is 18.0. The van der Waals surface area contributed by atoms with Gasteiger partial charge in [-0.2, -0.15) is 9.97 Å². The highest BCUT2D eigenvalue weighted by Gasteiger charge is 2.47. The first-order valence-corrected chi connectivity index (χ1v) is 10.3. The second-order valence-corrected chi connectivity index (χ2v) is 7.19. The Balaban J connectivity index is 0.00000132. The van der Waals surface area contributed by atoms with Crippen molar-refractivity contribution in [2.24, 2.45) is 28.5 Å². The highest BCUT2D eigenvalue weighted by Crippen LogP contribution is 2.45. The van der Waals surface area contributed by atoms with Gasteiger partial charge in [-0.15, -0.1) is 0 Å². The fourth-order valence-electron chi connectivity index (χ4n) is 4.15. The summed E-state index contributed by atoms with van der Waals surface area (Å²) in [7, 11) is 1.61. The van der Waals surface area contributed by atoms with E-state index in [1.165, 1.54) is 0 Å². The number of hydrogen-bond acceptors (Lipinski definition) is 8. The molecule has 164 valence electrons. The largest absolute Gasteiger partial charge is 0.497 e. The first kappa shape index (κ1) is 22.1. The average Bonchev–Trinajstić information content (AvgIpc) is 3.37. The minimum Gasteiger partial charge on any atom is -0.497 e. The topological polar surface area (TPSA) is 141 Å². The van der Waals surface area contributed by atoms with Gasteiger partial charge in [-0.1, -0.05) is 26.0 Å². The van der Waals surface area contributed by atoms with Gasteiger partial charge in [0.05, 0.1) is 13.0 Å². The Labute approximate surface area is 182 Å². The van der Waals surface area contributed by atoms with Crippen molar-refractivity contribution in [1.82, 2.24) is 9.97 Å². The van der Waals surface area contributed by atoms with Crippen LogP contribution in [-0.2, 0) is 4.79 Å². The first-order chi connectivity index (χ1) is 15.0. The average molecular weight is 424 g/mol. The number of rotatable bonds is 7. The Morgan fingerprint density at radius 2 is 1.87 bits per heavy atom. The number of methoxy groups -OCH3 is 1. The summed E-state index contributed by atoms with van der Waals surface area (Å²) in [5.74, 6) is 1.35. The van der Waals surface area contributed by atoms with E-state index < -0.39 is 0 Å². The van der Waals surface area contributed by atoms with Crippen LogP contribution in [0.4, 0.5) is 29.0 Å². The van der Waals surface area contributed by atoms with Crippen molar-refractivity contribution in [1.29, 1.82) is 0 Å². The molecule has 9 nitrogen and oxygen atoms in total. The normalized spacial score (nSPS) is 22.9. The van der Waals surface area contributed by atoms with Gasteiger partial charge in [0.25, 0.3) is 0 Å². The summed E-state index contributed by atoms with van der Waals surface area (Å²) in [6, 6.07) is 7.16. The molecule has 0 saturated heterocycles. The summed E-state index contributed by atoms with van der Waals surface area (Å²) in [5, 5.41) is 6.45. The molecular formula is C22H29N7O2. The fraction of sp³-hybridized carbons (Fsp3) is 0.364. The maximum atomic E-state index is 12.0. The predicted molar refractivity (Wildman–Crippen MR) is 124 cm³/mol. The van der Waals surface area contributed by atoms with Crippen molar-refractivity contribution >= 4 is 41.6 Å². The van der Waals surface area contributed by atoms with E-state index in [0.29, 0.717) is 17.5 Å². The lowest BCUT2D eigenvalue weighted by Crippen LogP contribution is -2.41. The van der Waals surface area contributed by atoms with Crippen LogP contribution in [0.3, 0.4) is 0 Å².